The predicted octanol–water partition coefficient (Wildman–Crippen LogP) is 3.75. The molecule has 0 atom stereocenters. The van der Waals surface area contributed by atoms with Crippen LogP contribution in [-0.4, -0.2) is 31.8 Å². The maximum atomic E-state index is 13.2. The Morgan fingerprint density at radius 3 is 2.18 bits per heavy atom. The molecule has 0 spiro atoms. The Hall–Kier alpha value is -3.13. The summed E-state index contributed by atoms with van der Waals surface area (Å²) in [5, 5.41) is 1.88. The topological polar surface area (TPSA) is 62.0 Å². The summed E-state index contributed by atoms with van der Waals surface area (Å²) in [5.41, 5.74) is 1.90. The number of ether oxygens (including phenoxy) is 3. The monoisotopic (exact) mass is 402 g/mol. The molecule has 8 heteroatoms. The van der Waals surface area contributed by atoms with E-state index in [0.29, 0.717) is 27.6 Å². The van der Waals surface area contributed by atoms with Crippen LogP contribution in [0.2, 0.25) is 0 Å². The van der Waals surface area contributed by atoms with Crippen molar-refractivity contribution in [2.45, 2.75) is 6.92 Å². The number of hydrogen-bond acceptors (Lipinski definition) is 5. The summed E-state index contributed by atoms with van der Waals surface area (Å²) in [5.74, 6) is 0.347. The molecule has 1 heterocycles. The van der Waals surface area contributed by atoms with Gasteiger partial charge in [-0.3, -0.25) is 9.36 Å². The number of carbonyl (C=O) groups excluding carboxylic acids is 1. The summed E-state index contributed by atoms with van der Waals surface area (Å²) >= 11 is 1.32. The Balaban J connectivity index is 2.08. The Morgan fingerprint density at radius 2 is 1.64 bits per heavy atom. The normalized spacial score (nSPS) is 11.4. The number of nitrogens with zero attached hydrogens (tertiary/aromatic N) is 2. The lowest BCUT2D eigenvalue weighted by atomic mass is 10.1. The molecule has 0 N–H and O–H groups in total. The third-order valence-electron chi connectivity index (χ3n) is 4.07. The van der Waals surface area contributed by atoms with E-state index in [1.165, 1.54) is 44.8 Å². The van der Waals surface area contributed by atoms with Crippen molar-refractivity contribution in [3.8, 4) is 22.9 Å². The molecule has 0 aliphatic rings. The van der Waals surface area contributed by atoms with Crippen LogP contribution in [0.3, 0.4) is 0 Å². The van der Waals surface area contributed by atoms with Gasteiger partial charge in [0.25, 0.3) is 5.91 Å². The van der Waals surface area contributed by atoms with Crippen LogP contribution in [0, 0.1) is 12.7 Å². The molecule has 0 radical (unpaired) electrons. The summed E-state index contributed by atoms with van der Waals surface area (Å²) in [6.07, 6.45) is 0. The third-order valence-corrected chi connectivity index (χ3v) is 5.02. The summed E-state index contributed by atoms with van der Waals surface area (Å²) in [6.45, 7) is 1.89. The van der Waals surface area contributed by atoms with Gasteiger partial charge in [0.05, 0.1) is 21.3 Å². The van der Waals surface area contributed by atoms with Crippen LogP contribution in [0.25, 0.3) is 5.69 Å². The number of rotatable bonds is 5. The van der Waals surface area contributed by atoms with Gasteiger partial charge in [0.15, 0.2) is 16.3 Å². The lowest BCUT2D eigenvalue weighted by Crippen LogP contribution is -2.16. The smallest absolute Gasteiger partial charge is 0.279 e. The van der Waals surface area contributed by atoms with E-state index in [1.54, 1.807) is 28.8 Å². The fraction of sp³-hybridized carbons (Fsp3) is 0.200. The van der Waals surface area contributed by atoms with Gasteiger partial charge in [-0.2, -0.15) is 4.99 Å². The Bertz CT molecular complexity index is 1050. The van der Waals surface area contributed by atoms with Crippen molar-refractivity contribution < 1.29 is 23.4 Å². The quantitative estimate of drug-likeness (QED) is 0.652. The largest absolute Gasteiger partial charge is 0.493 e. The van der Waals surface area contributed by atoms with E-state index in [1.807, 2.05) is 12.3 Å². The fourth-order valence-corrected chi connectivity index (χ4v) is 3.60. The minimum absolute atomic E-state index is 0.297. The van der Waals surface area contributed by atoms with Crippen molar-refractivity contribution in [1.29, 1.82) is 0 Å². The first-order chi connectivity index (χ1) is 13.5. The molecule has 1 aromatic heterocycles. The highest BCUT2D eigenvalue weighted by atomic mass is 32.1. The Morgan fingerprint density at radius 1 is 1.04 bits per heavy atom. The van der Waals surface area contributed by atoms with Gasteiger partial charge in [0.1, 0.15) is 5.82 Å². The van der Waals surface area contributed by atoms with Crippen LogP contribution in [-0.2, 0) is 0 Å². The van der Waals surface area contributed by atoms with E-state index >= 15 is 0 Å². The molecule has 0 saturated heterocycles. The maximum absolute atomic E-state index is 13.2. The summed E-state index contributed by atoms with van der Waals surface area (Å²) in [7, 11) is 4.45. The molecule has 0 bridgehead atoms. The first kappa shape index (κ1) is 19.6. The number of hydrogen-bond donors (Lipinski definition) is 0. The third kappa shape index (κ3) is 3.77. The van der Waals surface area contributed by atoms with E-state index in [4.69, 9.17) is 14.2 Å². The highest BCUT2D eigenvalue weighted by molar-refractivity contribution is 7.07. The van der Waals surface area contributed by atoms with Gasteiger partial charge in [-0.05, 0) is 43.3 Å². The molecule has 146 valence electrons. The second kappa shape index (κ2) is 8.26. The van der Waals surface area contributed by atoms with Crippen molar-refractivity contribution in [2.24, 2.45) is 4.99 Å². The molecular formula is C20H19FN2O4S. The standard InChI is InChI=1S/C20H19FN2O4S/c1-12-11-28-20(23(12)15-7-5-14(21)6-8-15)22-19(24)13-9-16(25-2)18(27-4)17(10-13)26-3/h5-11H,1-4H3. The van der Waals surface area contributed by atoms with Crippen LogP contribution in [0.15, 0.2) is 46.8 Å². The highest BCUT2D eigenvalue weighted by Gasteiger charge is 2.17. The number of thiazole rings is 1. The second-order valence-electron chi connectivity index (χ2n) is 5.80. The molecule has 6 nitrogen and oxygen atoms in total. The first-order valence-electron chi connectivity index (χ1n) is 8.30. The van der Waals surface area contributed by atoms with Crippen LogP contribution >= 0.6 is 11.3 Å². The maximum Gasteiger partial charge on any atom is 0.279 e. The molecule has 3 aromatic rings. The molecule has 0 fully saturated rings. The van der Waals surface area contributed by atoms with Crippen molar-refractivity contribution in [1.82, 2.24) is 4.57 Å². The van der Waals surface area contributed by atoms with Crippen molar-refractivity contribution in [3.63, 3.8) is 0 Å². The van der Waals surface area contributed by atoms with Crippen molar-refractivity contribution in [3.05, 3.63) is 63.7 Å². The van der Waals surface area contributed by atoms with Crippen molar-refractivity contribution in [2.75, 3.05) is 21.3 Å². The van der Waals surface area contributed by atoms with Gasteiger partial charge in [-0.1, -0.05) is 0 Å². The molecule has 0 aliphatic carbocycles. The molecule has 0 unspecified atom stereocenters. The van der Waals surface area contributed by atoms with E-state index in [2.05, 4.69) is 4.99 Å². The molecule has 2 aromatic carbocycles. The van der Waals surface area contributed by atoms with Crippen LogP contribution in [0.5, 0.6) is 17.2 Å². The van der Waals surface area contributed by atoms with E-state index in [0.717, 1.165) is 11.4 Å². The van der Waals surface area contributed by atoms with Gasteiger partial charge in [0, 0.05) is 22.3 Å². The number of benzene rings is 2. The summed E-state index contributed by atoms with van der Waals surface area (Å²) in [4.78, 5) is 17.5. The zero-order valence-corrected chi connectivity index (χ0v) is 16.7. The number of carbonyl (C=O) groups is 1. The zero-order valence-electron chi connectivity index (χ0n) is 15.9. The minimum atomic E-state index is -0.461. The summed E-state index contributed by atoms with van der Waals surface area (Å²) in [6, 6.07) is 9.11. The number of amides is 1. The Labute approximate surface area is 165 Å². The lowest BCUT2D eigenvalue weighted by molar-refractivity contribution is 0.0997. The predicted molar refractivity (Wildman–Crippen MR) is 104 cm³/mol. The Kier molecular flexibility index (Phi) is 5.79. The molecule has 3 rings (SSSR count). The molecule has 0 saturated carbocycles. The summed E-state index contributed by atoms with van der Waals surface area (Å²) < 4.78 is 30.9. The average molecular weight is 402 g/mol. The van der Waals surface area contributed by atoms with Gasteiger partial charge >= 0.3 is 0 Å². The van der Waals surface area contributed by atoms with E-state index in [9.17, 15) is 9.18 Å². The number of halogens is 1. The second-order valence-corrected chi connectivity index (χ2v) is 6.64. The lowest BCUT2D eigenvalue weighted by Gasteiger charge is -2.12. The van der Waals surface area contributed by atoms with Gasteiger partial charge < -0.3 is 14.2 Å². The van der Waals surface area contributed by atoms with Crippen LogP contribution in [0.4, 0.5) is 4.39 Å². The molecule has 28 heavy (non-hydrogen) atoms. The van der Waals surface area contributed by atoms with Gasteiger partial charge in [0.2, 0.25) is 5.75 Å². The van der Waals surface area contributed by atoms with Gasteiger partial charge in [-0.25, -0.2) is 4.39 Å². The molecule has 1 amide bonds. The van der Waals surface area contributed by atoms with Gasteiger partial charge in [-0.15, -0.1) is 11.3 Å². The average Bonchev–Trinajstić information content (AvgIpc) is 3.07. The van der Waals surface area contributed by atoms with Crippen molar-refractivity contribution >= 4 is 17.2 Å². The number of aryl methyl sites for hydroxylation is 1. The number of methoxy groups -OCH3 is 3. The SMILES string of the molecule is COc1cc(C(=O)N=c2scc(C)n2-c2ccc(F)cc2)cc(OC)c1OC. The number of aromatic nitrogens is 1. The molecule has 0 aliphatic heterocycles. The molecular weight excluding hydrogens is 383 g/mol. The van der Waals surface area contributed by atoms with Crippen LogP contribution < -0.4 is 19.0 Å². The highest BCUT2D eigenvalue weighted by Crippen LogP contribution is 2.38. The van der Waals surface area contributed by atoms with Crippen LogP contribution in [0.1, 0.15) is 16.1 Å². The minimum Gasteiger partial charge on any atom is -0.493 e. The van der Waals surface area contributed by atoms with E-state index in [-0.39, 0.29) is 5.82 Å². The fourth-order valence-electron chi connectivity index (χ4n) is 2.73. The zero-order chi connectivity index (χ0) is 20.3. The van der Waals surface area contributed by atoms with E-state index < -0.39 is 5.91 Å². The first-order valence-corrected chi connectivity index (χ1v) is 9.18.